The lowest BCUT2D eigenvalue weighted by Gasteiger charge is -2.18. The van der Waals surface area contributed by atoms with Crippen molar-refractivity contribution in [1.82, 2.24) is 42.6 Å². The standard InChI is InChI=1S/C39H29N3Si.C38H27N3Si.C33H25N3Si/c1-43(2)35-19-11-7-15-30(35)38-36(43)25-24-34-37(38)29-14-6-9-17-32(29)41(34)28-22-20-26(21-23-28)39-40-31-16-8-10-18-33(31)42(39)27-12-4-3-5-13-27;1-42(2)33-12-6-4-10-30(33)35-34(42)22-20-29-28-9-3-5-11-32(28)41(38(29)35)27-18-15-24(16-19-27)31-21-17-26-14-13-25-8-7-23-39-36(25)37(26)40-31;1-37(2)29-12-6-4-10-26(29)32-30(37)19-18-25-24-9-3-5-11-28(24)36(33(25)32)23-16-14-22(15-17-23)27-21-35-20-8-7-13-31(35)34-27/h3-25H,1-2H3;3-23H,1-2H3;3-21H,1-2H3. The van der Waals surface area contributed by atoms with Crippen LogP contribution in [-0.2, 0) is 0 Å². The van der Waals surface area contributed by atoms with Gasteiger partial charge in [0.1, 0.15) is 35.7 Å². The van der Waals surface area contributed by atoms with Crippen molar-refractivity contribution in [1.29, 1.82) is 0 Å². The Hall–Kier alpha value is -14.7. The van der Waals surface area contributed by atoms with Gasteiger partial charge in [-0.1, -0.05) is 282 Å². The van der Waals surface area contributed by atoms with Gasteiger partial charge in [-0.3, -0.25) is 9.55 Å². The molecule has 23 aromatic rings. The van der Waals surface area contributed by atoms with Crippen LogP contribution in [0.3, 0.4) is 0 Å². The topological polar surface area (TPSA) is 75.7 Å². The van der Waals surface area contributed by atoms with Crippen LogP contribution in [0.25, 0.3) is 194 Å². The third-order valence-electron chi connectivity index (χ3n) is 26.7. The molecule has 0 saturated heterocycles. The molecule has 15 aromatic carbocycles. The van der Waals surface area contributed by atoms with Crippen LogP contribution < -0.4 is 31.1 Å². The van der Waals surface area contributed by atoms with Crippen LogP contribution >= 0.6 is 0 Å². The fourth-order valence-corrected chi connectivity index (χ4v) is 30.1. The van der Waals surface area contributed by atoms with Crippen LogP contribution in [0.15, 0.2) is 383 Å². The Morgan fingerprint density at radius 3 is 1.30 bits per heavy atom. The first-order valence-corrected chi connectivity index (χ1v) is 51.2. The summed E-state index contributed by atoms with van der Waals surface area (Å²) in [7, 11) is -5.33. The van der Waals surface area contributed by atoms with Gasteiger partial charge < -0.3 is 18.1 Å². The van der Waals surface area contributed by atoms with Crippen LogP contribution in [0, 0.1) is 0 Å². The van der Waals surface area contributed by atoms with Gasteiger partial charge in [-0.2, -0.15) is 0 Å². The lowest BCUT2D eigenvalue weighted by molar-refractivity contribution is 1.10. The molecule has 9 nitrogen and oxygen atoms in total. The average molecular weight is 1610 g/mol. The van der Waals surface area contributed by atoms with Gasteiger partial charge in [0.25, 0.3) is 0 Å². The SMILES string of the molecule is C[Si]1(C)c2ccccc2-c2c1ccc1c2c2ccccc2n1-c1ccc(-c2nc3ccccc3n2-c2ccccc2)cc1.C[Si]1(C)c2ccccc2-c2c1ccc1c3ccccc3n(-c3ccc(-c4ccc5ccc6cccnc6c5n4)cc3)c21.C[Si]1(C)c2ccccc2-c2c1ccc1c3ccccc3n(-c3ccc(-c4cn5ccccc5n4)cc3)c21. The van der Waals surface area contributed by atoms with E-state index in [1.807, 2.05) is 36.7 Å². The highest BCUT2D eigenvalue weighted by Gasteiger charge is 2.42. The quantitative estimate of drug-likeness (QED) is 0.118. The fourth-order valence-electron chi connectivity index (χ4n) is 20.9. The van der Waals surface area contributed by atoms with Gasteiger partial charge in [-0.15, -0.1) is 0 Å². The van der Waals surface area contributed by atoms with Crippen molar-refractivity contribution >= 4 is 159 Å². The lowest BCUT2D eigenvalue weighted by Crippen LogP contribution is -2.49. The van der Waals surface area contributed by atoms with E-state index >= 15 is 0 Å². The summed E-state index contributed by atoms with van der Waals surface area (Å²) in [5, 5.41) is 19.3. The molecular weight excluding hydrogens is 1530 g/mol. The molecule has 12 heteroatoms. The van der Waals surface area contributed by atoms with Crippen LogP contribution in [0.5, 0.6) is 0 Å². The maximum atomic E-state index is 5.09. The molecule has 26 rings (SSSR count). The highest BCUT2D eigenvalue weighted by molar-refractivity contribution is 7.05. The minimum atomic E-state index is -1.79. The fraction of sp³-hybridized carbons (Fsp3) is 0.0545. The molecule has 0 atom stereocenters. The summed E-state index contributed by atoms with van der Waals surface area (Å²) in [4.78, 5) is 19.6. The third kappa shape index (κ3) is 10.7. The number of benzene rings is 15. The third-order valence-corrected chi connectivity index (χ3v) is 37.4. The zero-order chi connectivity index (χ0) is 81.4. The molecule has 0 fully saturated rings. The summed E-state index contributed by atoms with van der Waals surface area (Å²) in [6.07, 6.45) is 5.98. The van der Waals surface area contributed by atoms with Gasteiger partial charge in [-0.05, 0) is 175 Å². The molecular formula is C110H81N9Si3. The van der Waals surface area contributed by atoms with Gasteiger partial charge in [0.15, 0.2) is 0 Å². The van der Waals surface area contributed by atoms with E-state index < -0.39 is 24.2 Å². The molecule has 578 valence electrons. The molecule has 122 heavy (non-hydrogen) atoms. The molecule has 0 aliphatic carbocycles. The highest BCUT2D eigenvalue weighted by atomic mass is 28.3. The van der Waals surface area contributed by atoms with E-state index in [-0.39, 0.29) is 0 Å². The zero-order valence-electron chi connectivity index (χ0n) is 68.4. The number of aromatic nitrogens is 9. The summed E-state index contributed by atoms with van der Waals surface area (Å²) >= 11 is 0. The van der Waals surface area contributed by atoms with Crippen molar-refractivity contribution in [3.05, 3.63) is 383 Å². The van der Waals surface area contributed by atoms with E-state index in [1.54, 1.807) is 10.4 Å². The minimum Gasteiger partial charge on any atom is -0.309 e. The van der Waals surface area contributed by atoms with E-state index in [2.05, 4.69) is 413 Å². The average Bonchev–Trinajstić information content (AvgIpc) is 1.55. The van der Waals surface area contributed by atoms with Gasteiger partial charge in [0, 0.05) is 112 Å². The number of para-hydroxylation sites is 6. The van der Waals surface area contributed by atoms with Crippen molar-refractivity contribution in [2.45, 2.75) is 39.3 Å². The zero-order valence-corrected chi connectivity index (χ0v) is 71.4. The Kier molecular flexibility index (Phi) is 15.9. The van der Waals surface area contributed by atoms with Crippen LogP contribution in [0.1, 0.15) is 0 Å². The molecule has 0 spiro atoms. The first-order valence-electron chi connectivity index (χ1n) is 42.2. The van der Waals surface area contributed by atoms with Crippen molar-refractivity contribution in [3.63, 3.8) is 0 Å². The Morgan fingerprint density at radius 1 is 0.262 bits per heavy atom. The first-order chi connectivity index (χ1) is 59.8. The van der Waals surface area contributed by atoms with Crippen LogP contribution in [0.2, 0.25) is 39.3 Å². The number of rotatable bonds is 7. The van der Waals surface area contributed by atoms with E-state index in [1.165, 1.54) is 125 Å². The number of imidazole rings is 2. The molecule has 0 bridgehead atoms. The van der Waals surface area contributed by atoms with Crippen molar-refractivity contribution in [2.24, 2.45) is 0 Å². The minimum absolute atomic E-state index is 0.943. The molecule has 0 radical (unpaired) electrons. The highest BCUT2D eigenvalue weighted by Crippen LogP contribution is 2.46. The lowest BCUT2D eigenvalue weighted by atomic mass is 9.99. The number of pyridine rings is 3. The summed E-state index contributed by atoms with van der Waals surface area (Å²) in [6, 6.07) is 132. The first kappa shape index (κ1) is 71.4. The molecule has 0 saturated carbocycles. The van der Waals surface area contributed by atoms with E-state index in [4.69, 9.17) is 15.0 Å². The Labute approximate surface area is 708 Å². The maximum Gasteiger partial charge on any atom is 0.145 e. The van der Waals surface area contributed by atoms with Gasteiger partial charge >= 0.3 is 0 Å². The van der Waals surface area contributed by atoms with Crippen LogP contribution in [-0.4, -0.2) is 66.8 Å². The second kappa shape index (κ2) is 27.2. The van der Waals surface area contributed by atoms with Crippen LogP contribution in [0.4, 0.5) is 0 Å². The molecule has 0 amide bonds. The van der Waals surface area contributed by atoms with Crippen molar-refractivity contribution in [2.75, 3.05) is 0 Å². The second-order valence-electron chi connectivity index (χ2n) is 34.5. The molecule has 11 heterocycles. The number of fused-ring (bicyclic) bond motifs is 26. The number of hydrogen-bond donors (Lipinski definition) is 0. The molecule has 3 aliphatic heterocycles. The molecule has 3 aliphatic rings. The monoisotopic (exact) mass is 1610 g/mol. The van der Waals surface area contributed by atoms with Gasteiger partial charge in [-0.25, -0.2) is 15.0 Å². The summed E-state index contributed by atoms with van der Waals surface area (Å²) < 4.78 is 11.7. The Balaban J connectivity index is 0.000000104. The van der Waals surface area contributed by atoms with Gasteiger partial charge in [0.2, 0.25) is 0 Å². The number of hydrogen-bond acceptors (Lipinski definition) is 4. The molecule has 0 N–H and O–H groups in total. The normalized spacial score (nSPS) is 13.7. The number of nitrogens with zero attached hydrogens (tertiary/aromatic N) is 9. The Morgan fingerprint density at radius 2 is 0.713 bits per heavy atom. The molecule has 8 aromatic heterocycles. The summed E-state index contributed by atoms with van der Waals surface area (Å²) in [5.74, 6) is 0.947. The van der Waals surface area contributed by atoms with E-state index in [9.17, 15) is 0 Å². The maximum absolute atomic E-state index is 5.09. The second-order valence-corrected chi connectivity index (χ2v) is 47.4. The summed E-state index contributed by atoms with van der Waals surface area (Å²) in [5.41, 5.74) is 30.9. The smallest absolute Gasteiger partial charge is 0.145 e. The largest absolute Gasteiger partial charge is 0.309 e. The van der Waals surface area contributed by atoms with Crippen molar-refractivity contribution < 1.29 is 0 Å². The summed E-state index contributed by atoms with van der Waals surface area (Å²) in [6.45, 7) is 14.9. The van der Waals surface area contributed by atoms with Gasteiger partial charge in [0.05, 0.1) is 66.6 Å². The van der Waals surface area contributed by atoms with E-state index in [0.29, 0.717) is 0 Å². The van der Waals surface area contributed by atoms with Crippen molar-refractivity contribution in [3.8, 4) is 90.0 Å². The predicted octanol–water partition coefficient (Wildman–Crippen LogP) is 23.8. The van der Waals surface area contributed by atoms with E-state index in [0.717, 1.165) is 89.5 Å². The predicted molar refractivity (Wildman–Crippen MR) is 519 cm³/mol. The molecule has 0 unspecified atom stereocenters. The Bertz CT molecular complexity index is 8250.